The molecule has 0 bridgehead atoms. The smallest absolute Gasteiger partial charge is 0.0631 e. The zero-order valence-corrected chi connectivity index (χ0v) is 16.8. The Bertz CT molecular complexity index is 358. The predicted molar refractivity (Wildman–Crippen MR) is 98.5 cm³/mol. The molecule has 1 saturated carbocycles. The van der Waals surface area contributed by atoms with E-state index in [1.165, 1.54) is 12.8 Å². The number of ether oxygens (including phenoxy) is 3. The Morgan fingerprint density at radius 1 is 0.833 bits per heavy atom. The highest BCUT2D eigenvalue weighted by Crippen LogP contribution is 2.32. The Morgan fingerprint density at radius 2 is 1.46 bits per heavy atom. The van der Waals surface area contributed by atoms with E-state index in [-0.39, 0.29) is 11.2 Å². The summed E-state index contributed by atoms with van der Waals surface area (Å²) in [6, 6.07) is 0. The van der Waals surface area contributed by atoms with Crippen LogP contribution in [0.5, 0.6) is 0 Å². The SMILES string of the molecule is CC(C)(C)OCCCN1CCC(OC2CC(OC(C)(C)C)C2)CC1. The third kappa shape index (κ3) is 7.81. The zero-order chi connectivity index (χ0) is 17.8. The maximum absolute atomic E-state index is 6.26. The van der Waals surface area contributed by atoms with E-state index in [1.54, 1.807) is 0 Å². The van der Waals surface area contributed by atoms with Gasteiger partial charge in [-0.2, -0.15) is 0 Å². The lowest BCUT2D eigenvalue weighted by Gasteiger charge is -2.42. The van der Waals surface area contributed by atoms with Crippen LogP contribution in [-0.2, 0) is 14.2 Å². The summed E-state index contributed by atoms with van der Waals surface area (Å²) in [6.07, 6.45) is 6.88. The Hall–Kier alpha value is -0.160. The van der Waals surface area contributed by atoms with Crippen LogP contribution in [0.4, 0.5) is 0 Å². The average Bonchev–Trinajstić information content (AvgIpc) is 2.40. The number of likely N-dealkylation sites (tertiary alicyclic amines) is 1. The molecule has 0 radical (unpaired) electrons. The highest BCUT2D eigenvalue weighted by molar-refractivity contribution is 4.85. The molecular formula is C20H39NO3. The summed E-state index contributed by atoms with van der Waals surface area (Å²) >= 11 is 0. The molecule has 1 aliphatic heterocycles. The molecule has 2 fully saturated rings. The first kappa shape index (κ1) is 20.2. The van der Waals surface area contributed by atoms with E-state index >= 15 is 0 Å². The maximum atomic E-state index is 6.26. The Morgan fingerprint density at radius 3 is 2.00 bits per heavy atom. The van der Waals surface area contributed by atoms with E-state index < -0.39 is 0 Å². The molecule has 2 aliphatic rings. The molecule has 0 unspecified atom stereocenters. The lowest BCUT2D eigenvalue weighted by molar-refractivity contribution is -0.167. The minimum Gasteiger partial charge on any atom is -0.376 e. The fraction of sp³-hybridized carbons (Fsp3) is 1.00. The number of piperidine rings is 1. The highest BCUT2D eigenvalue weighted by Gasteiger charge is 2.35. The van der Waals surface area contributed by atoms with Gasteiger partial charge in [0, 0.05) is 26.2 Å². The molecule has 0 aromatic rings. The summed E-state index contributed by atoms with van der Waals surface area (Å²) in [7, 11) is 0. The molecule has 0 aromatic heterocycles. The van der Waals surface area contributed by atoms with E-state index in [0.29, 0.717) is 18.3 Å². The second-order valence-electron chi connectivity index (χ2n) is 9.44. The van der Waals surface area contributed by atoms with Crippen molar-refractivity contribution in [3.8, 4) is 0 Å². The summed E-state index contributed by atoms with van der Waals surface area (Å²) in [5.74, 6) is 0. The van der Waals surface area contributed by atoms with Gasteiger partial charge in [-0.3, -0.25) is 0 Å². The van der Waals surface area contributed by atoms with E-state index in [0.717, 1.165) is 45.5 Å². The minimum atomic E-state index is -0.0301. The Balaban J connectivity index is 1.51. The lowest BCUT2D eigenvalue weighted by Crippen LogP contribution is -2.45. The van der Waals surface area contributed by atoms with Crippen molar-refractivity contribution in [3.63, 3.8) is 0 Å². The molecule has 0 amide bonds. The van der Waals surface area contributed by atoms with Gasteiger partial charge in [-0.1, -0.05) is 0 Å². The van der Waals surface area contributed by atoms with Gasteiger partial charge in [0.15, 0.2) is 0 Å². The normalized spacial score (nSPS) is 27.2. The number of nitrogens with zero attached hydrogens (tertiary/aromatic N) is 1. The number of rotatable bonds is 7. The van der Waals surface area contributed by atoms with Crippen molar-refractivity contribution >= 4 is 0 Å². The Labute approximate surface area is 149 Å². The maximum Gasteiger partial charge on any atom is 0.0631 e. The van der Waals surface area contributed by atoms with Crippen molar-refractivity contribution in [1.29, 1.82) is 0 Å². The van der Waals surface area contributed by atoms with Crippen molar-refractivity contribution in [2.24, 2.45) is 0 Å². The zero-order valence-electron chi connectivity index (χ0n) is 16.8. The summed E-state index contributed by atoms with van der Waals surface area (Å²) in [5.41, 5.74) is -0.0458. The molecule has 24 heavy (non-hydrogen) atoms. The molecule has 142 valence electrons. The van der Waals surface area contributed by atoms with E-state index in [1.807, 2.05) is 0 Å². The van der Waals surface area contributed by atoms with Crippen LogP contribution < -0.4 is 0 Å². The topological polar surface area (TPSA) is 30.9 Å². The van der Waals surface area contributed by atoms with Crippen molar-refractivity contribution in [1.82, 2.24) is 4.90 Å². The molecular weight excluding hydrogens is 302 g/mol. The lowest BCUT2D eigenvalue weighted by atomic mass is 9.90. The number of hydrogen-bond donors (Lipinski definition) is 0. The highest BCUT2D eigenvalue weighted by atomic mass is 16.5. The number of hydrogen-bond acceptors (Lipinski definition) is 4. The first-order chi connectivity index (χ1) is 11.1. The standard InChI is InChI=1S/C20H39NO3/c1-19(2,3)22-13-7-10-21-11-8-16(9-12-21)23-17-14-18(15-17)24-20(4,5)6/h16-18H,7-15H2,1-6H3. The van der Waals surface area contributed by atoms with E-state index in [2.05, 4.69) is 46.4 Å². The van der Waals surface area contributed by atoms with Crippen LogP contribution in [0.3, 0.4) is 0 Å². The average molecular weight is 342 g/mol. The second-order valence-corrected chi connectivity index (χ2v) is 9.44. The van der Waals surface area contributed by atoms with Gasteiger partial charge < -0.3 is 19.1 Å². The summed E-state index contributed by atoms with van der Waals surface area (Å²) in [5, 5.41) is 0. The molecule has 4 heteroatoms. The van der Waals surface area contributed by atoms with Gasteiger partial charge in [-0.25, -0.2) is 0 Å². The van der Waals surface area contributed by atoms with Crippen molar-refractivity contribution < 1.29 is 14.2 Å². The van der Waals surface area contributed by atoms with Gasteiger partial charge in [0.05, 0.1) is 29.5 Å². The molecule has 0 spiro atoms. The van der Waals surface area contributed by atoms with Gasteiger partial charge in [-0.05, 0) is 73.6 Å². The van der Waals surface area contributed by atoms with Gasteiger partial charge >= 0.3 is 0 Å². The fourth-order valence-corrected chi connectivity index (χ4v) is 3.43. The van der Waals surface area contributed by atoms with E-state index in [4.69, 9.17) is 14.2 Å². The molecule has 0 atom stereocenters. The summed E-state index contributed by atoms with van der Waals surface area (Å²) in [4.78, 5) is 2.55. The molecule has 4 nitrogen and oxygen atoms in total. The third-order valence-electron chi connectivity index (χ3n) is 4.65. The Kier molecular flexibility index (Phi) is 7.12. The molecule has 1 aliphatic carbocycles. The third-order valence-corrected chi connectivity index (χ3v) is 4.65. The fourth-order valence-electron chi connectivity index (χ4n) is 3.43. The molecule has 2 rings (SSSR count). The summed E-state index contributed by atoms with van der Waals surface area (Å²) < 4.78 is 18.0. The summed E-state index contributed by atoms with van der Waals surface area (Å²) in [6.45, 7) is 17.1. The van der Waals surface area contributed by atoms with E-state index in [9.17, 15) is 0 Å². The first-order valence-corrected chi connectivity index (χ1v) is 9.80. The van der Waals surface area contributed by atoms with Crippen LogP contribution in [0.15, 0.2) is 0 Å². The van der Waals surface area contributed by atoms with Gasteiger partial charge in [-0.15, -0.1) is 0 Å². The molecule has 1 saturated heterocycles. The van der Waals surface area contributed by atoms with Crippen molar-refractivity contribution in [2.45, 2.75) is 103 Å². The van der Waals surface area contributed by atoms with Crippen molar-refractivity contribution in [3.05, 3.63) is 0 Å². The van der Waals surface area contributed by atoms with Crippen LogP contribution in [0.2, 0.25) is 0 Å². The first-order valence-electron chi connectivity index (χ1n) is 9.80. The largest absolute Gasteiger partial charge is 0.376 e. The van der Waals surface area contributed by atoms with Gasteiger partial charge in [0.25, 0.3) is 0 Å². The van der Waals surface area contributed by atoms with Crippen LogP contribution in [-0.4, -0.2) is 60.7 Å². The minimum absolute atomic E-state index is 0.0157. The van der Waals surface area contributed by atoms with Crippen LogP contribution in [0.25, 0.3) is 0 Å². The molecule has 0 aromatic carbocycles. The predicted octanol–water partition coefficient (Wildman–Crippen LogP) is 4.02. The van der Waals surface area contributed by atoms with Crippen LogP contribution in [0.1, 0.15) is 73.6 Å². The van der Waals surface area contributed by atoms with Gasteiger partial charge in [0.2, 0.25) is 0 Å². The van der Waals surface area contributed by atoms with Crippen LogP contribution >= 0.6 is 0 Å². The molecule has 0 N–H and O–H groups in total. The quantitative estimate of drug-likeness (QED) is 0.655. The monoisotopic (exact) mass is 341 g/mol. The second kappa shape index (κ2) is 8.48. The van der Waals surface area contributed by atoms with Crippen LogP contribution in [0, 0.1) is 0 Å². The van der Waals surface area contributed by atoms with Crippen molar-refractivity contribution in [2.75, 3.05) is 26.2 Å². The van der Waals surface area contributed by atoms with Gasteiger partial charge in [0.1, 0.15) is 0 Å². The molecule has 1 heterocycles.